The van der Waals surface area contributed by atoms with Gasteiger partial charge >= 0.3 is 17.9 Å². The molecule has 1 atom stereocenters. The number of carbonyl (C=O) groups excluding carboxylic acids is 3. The highest BCUT2D eigenvalue weighted by Gasteiger charge is 2.19. The van der Waals surface area contributed by atoms with Gasteiger partial charge in [-0.2, -0.15) is 0 Å². The van der Waals surface area contributed by atoms with Crippen LogP contribution < -0.4 is 0 Å². The Morgan fingerprint density at radius 3 is 0.785 bits per heavy atom. The number of esters is 3. The molecular formula is C73H120O6. The van der Waals surface area contributed by atoms with Crippen LogP contribution in [0.3, 0.4) is 0 Å². The van der Waals surface area contributed by atoms with Crippen molar-refractivity contribution >= 4 is 17.9 Å². The van der Waals surface area contributed by atoms with Crippen molar-refractivity contribution in [2.75, 3.05) is 13.2 Å². The van der Waals surface area contributed by atoms with Gasteiger partial charge in [-0.1, -0.05) is 289 Å². The molecule has 0 bridgehead atoms. The maximum atomic E-state index is 12.9. The van der Waals surface area contributed by atoms with Gasteiger partial charge in [-0.05, 0) is 116 Å². The van der Waals surface area contributed by atoms with Gasteiger partial charge in [0.15, 0.2) is 6.10 Å². The Morgan fingerprint density at radius 2 is 0.494 bits per heavy atom. The minimum absolute atomic E-state index is 0.0905. The normalized spacial score (nSPS) is 13.0. The molecule has 0 spiro atoms. The van der Waals surface area contributed by atoms with E-state index in [2.05, 4.69) is 154 Å². The van der Waals surface area contributed by atoms with E-state index in [1.54, 1.807) is 0 Å². The van der Waals surface area contributed by atoms with Crippen LogP contribution in [0.25, 0.3) is 0 Å². The van der Waals surface area contributed by atoms with E-state index < -0.39 is 6.10 Å². The molecule has 0 N–H and O–H groups in total. The van der Waals surface area contributed by atoms with Gasteiger partial charge < -0.3 is 14.2 Å². The third-order valence-electron chi connectivity index (χ3n) is 13.7. The predicted molar refractivity (Wildman–Crippen MR) is 343 cm³/mol. The fourth-order valence-electron chi connectivity index (χ4n) is 8.83. The van der Waals surface area contributed by atoms with Crippen LogP contribution in [0.5, 0.6) is 0 Å². The number of allylic oxidation sites excluding steroid dienone is 22. The van der Waals surface area contributed by atoms with Crippen molar-refractivity contribution in [1.29, 1.82) is 0 Å². The Bertz CT molecular complexity index is 1680. The van der Waals surface area contributed by atoms with Crippen molar-refractivity contribution < 1.29 is 28.6 Å². The molecule has 0 aromatic rings. The lowest BCUT2D eigenvalue weighted by Crippen LogP contribution is -2.30. The van der Waals surface area contributed by atoms with Crippen molar-refractivity contribution in [3.8, 4) is 0 Å². The maximum Gasteiger partial charge on any atom is 0.306 e. The molecule has 0 aromatic carbocycles. The summed E-state index contributed by atoms with van der Waals surface area (Å²) in [6.07, 6.45) is 93.2. The minimum Gasteiger partial charge on any atom is -0.462 e. The van der Waals surface area contributed by atoms with Crippen LogP contribution in [0.15, 0.2) is 134 Å². The largest absolute Gasteiger partial charge is 0.462 e. The summed E-state index contributed by atoms with van der Waals surface area (Å²) < 4.78 is 16.9. The third-order valence-corrected chi connectivity index (χ3v) is 13.7. The van der Waals surface area contributed by atoms with E-state index in [-0.39, 0.29) is 31.1 Å². The molecule has 0 rings (SSSR count). The topological polar surface area (TPSA) is 78.9 Å². The predicted octanol–water partition coefficient (Wildman–Crippen LogP) is 22.5. The summed E-state index contributed by atoms with van der Waals surface area (Å²) in [6, 6.07) is 0. The van der Waals surface area contributed by atoms with Gasteiger partial charge in [-0.25, -0.2) is 0 Å². The lowest BCUT2D eigenvalue weighted by Gasteiger charge is -2.18. The Labute approximate surface area is 487 Å². The molecule has 0 aromatic heterocycles. The molecule has 1 unspecified atom stereocenters. The van der Waals surface area contributed by atoms with Crippen LogP contribution in [-0.4, -0.2) is 37.2 Å². The zero-order valence-corrected chi connectivity index (χ0v) is 51.3. The van der Waals surface area contributed by atoms with Gasteiger partial charge in [0.25, 0.3) is 0 Å². The second kappa shape index (κ2) is 66.1. The lowest BCUT2D eigenvalue weighted by atomic mass is 10.0. The molecule has 0 radical (unpaired) electrons. The van der Waals surface area contributed by atoms with E-state index in [1.807, 2.05) is 0 Å². The van der Waals surface area contributed by atoms with E-state index >= 15 is 0 Å². The van der Waals surface area contributed by atoms with Gasteiger partial charge in [0, 0.05) is 19.3 Å². The highest BCUT2D eigenvalue weighted by molar-refractivity contribution is 5.71. The number of hydrogen-bond donors (Lipinski definition) is 0. The third kappa shape index (κ3) is 64.3. The summed E-state index contributed by atoms with van der Waals surface area (Å²) in [4.78, 5) is 38.3. The van der Waals surface area contributed by atoms with Gasteiger partial charge in [0.2, 0.25) is 0 Å². The summed E-state index contributed by atoms with van der Waals surface area (Å²) in [5, 5.41) is 0. The summed E-state index contributed by atoms with van der Waals surface area (Å²) >= 11 is 0. The highest BCUT2D eigenvalue weighted by atomic mass is 16.6. The van der Waals surface area contributed by atoms with Crippen LogP contribution in [0.1, 0.15) is 290 Å². The van der Waals surface area contributed by atoms with Crippen molar-refractivity contribution in [2.45, 2.75) is 297 Å². The van der Waals surface area contributed by atoms with Crippen LogP contribution in [0, 0.1) is 0 Å². The minimum atomic E-state index is -0.797. The van der Waals surface area contributed by atoms with Crippen LogP contribution in [0.2, 0.25) is 0 Å². The molecule has 448 valence electrons. The van der Waals surface area contributed by atoms with E-state index in [0.29, 0.717) is 19.3 Å². The van der Waals surface area contributed by atoms with E-state index in [1.165, 1.54) is 116 Å². The Morgan fingerprint density at radius 1 is 0.266 bits per heavy atom. The lowest BCUT2D eigenvalue weighted by molar-refractivity contribution is -0.167. The summed E-state index contributed by atoms with van der Waals surface area (Å²) in [5.74, 6) is -0.923. The van der Waals surface area contributed by atoms with Crippen LogP contribution in [0.4, 0.5) is 0 Å². The zero-order chi connectivity index (χ0) is 57.1. The first-order chi connectivity index (χ1) is 39.0. The monoisotopic (exact) mass is 1090 g/mol. The average Bonchev–Trinajstić information content (AvgIpc) is 3.45. The van der Waals surface area contributed by atoms with Crippen molar-refractivity contribution in [3.63, 3.8) is 0 Å². The van der Waals surface area contributed by atoms with Gasteiger partial charge in [0.05, 0.1) is 0 Å². The summed E-state index contributed by atoms with van der Waals surface area (Å²) in [5.41, 5.74) is 0. The fraction of sp³-hybridized carbons (Fsp3) is 0.658. The zero-order valence-electron chi connectivity index (χ0n) is 51.3. The second-order valence-corrected chi connectivity index (χ2v) is 21.3. The number of hydrogen-bond acceptors (Lipinski definition) is 6. The molecule has 6 nitrogen and oxygen atoms in total. The average molecular weight is 1090 g/mol. The van der Waals surface area contributed by atoms with E-state index in [4.69, 9.17) is 14.2 Å². The van der Waals surface area contributed by atoms with E-state index in [9.17, 15) is 14.4 Å². The first-order valence-corrected chi connectivity index (χ1v) is 32.7. The summed E-state index contributed by atoms with van der Waals surface area (Å²) in [6.45, 7) is 6.39. The number of rotatable bonds is 58. The quantitative estimate of drug-likeness (QED) is 0.0261. The van der Waals surface area contributed by atoms with Gasteiger partial charge in [0.1, 0.15) is 13.2 Å². The highest BCUT2D eigenvalue weighted by Crippen LogP contribution is 2.16. The molecule has 0 fully saturated rings. The fourth-order valence-corrected chi connectivity index (χ4v) is 8.83. The number of carbonyl (C=O) groups is 3. The molecule has 0 saturated heterocycles. The summed E-state index contributed by atoms with van der Waals surface area (Å²) in [7, 11) is 0. The Hall–Kier alpha value is -4.45. The SMILES string of the molecule is CC/C=C\C/C=C\C/C=C\C/C=C\C/C=C\C/C=C\C/C=C\CCCCCC(=O)OCC(COC(=O)CCCCCCCCCCCCC)OC(=O)CCCCCCCCCCCCCC/C=C\C/C=C\C/C=C\C/C=C\CC. The first kappa shape index (κ1) is 74.5. The smallest absolute Gasteiger partial charge is 0.306 e. The van der Waals surface area contributed by atoms with Gasteiger partial charge in [-0.3, -0.25) is 14.4 Å². The van der Waals surface area contributed by atoms with Gasteiger partial charge in [-0.15, -0.1) is 0 Å². The van der Waals surface area contributed by atoms with E-state index in [0.717, 1.165) is 135 Å². The molecule has 0 saturated carbocycles. The molecule has 6 heteroatoms. The van der Waals surface area contributed by atoms with Crippen molar-refractivity contribution in [3.05, 3.63) is 134 Å². The molecule has 79 heavy (non-hydrogen) atoms. The molecule has 0 heterocycles. The number of ether oxygens (including phenoxy) is 3. The molecule has 0 aliphatic rings. The Balaban J connectivity index is 4.36. The second-order valence-electron chi connectivity index (χ2n) is 21.3. The standard InChI is InChI=1S/C73H120O6/c1-4-7-10-13-16-19-22-24-26-28-30-32-34-36-38-40-42-44-46-48-51-54-57-60-63-66-72(75)78-69-70(68-77-71(74)65-62-59-56-53-50-21-18-15-12-9-6-3)79-73(76)67-64-61-58-55-52-49-47-45-43-41-39-37-35-33-31-29-27-25-23-20-17-14-11-8-5-2/h7-8,10-11,16-17,19-20,24-27,30-33,36,38,42,44,48,51,70H,4-6,9,12-15,18,21-23,28-29,34-35,37,39-41,43,45-47,49-50,52-69H2,1-3H3/b10-7-,11-8-,19-16-,20-17-,26-24-,27-25-,32-30-,33-31-,38-36-,44-42-,51-48-. The molecule has 0 aliphatic carbocycles. The van der Waals surface area contributed by atoms with Crippen molar-refractivity contribution in [2.24, 2.45) is 0 Å². The van der Waals surface area contributed by atoms with Crippen LogP contribution >= 0.6 is 0 Å². The van der Waals surface area contributed by atoms with Crippen molar-refractivity contribution in [1.82, 2.24) is 0 Å². The maximum absolute atomic E-state index is 12.9. The first-order valence-electron chi connectivity index (χ1n) is 32.7. The number of unbranched alkanes of at least 4 members (excludes halogenated alkanes) is 25. The molecule has 0 amide bonds. The Kier molecular flexibility index (Phi) is 62.3. The molecular weight excluding hydrogens is 973 g/mol. The van der Waals surface area contributed by atoms with Crippen LogP contribution in [-0.2, 0) is 28.6 Å². The molecule has 0 aliphatic heterocycles.